The van der Waals surface area contributed by atoms with Crippen LogP contribution in [0.5, 0.6) is 0 Å². The lowest BCUT2D eigenvalue weighted by Gasteiger charge is -2.11. The number of nitrogens with zero attached hydrogens (tertiary/aromatic N) is 2. The van der Waals surface area contributed by atoms with Crippen molar-refractivity contribution in [1.29, 1.82) is 0 Å². The molecule has 8 aromatic carbocycles. The van der Waals surface area contributed by atoms with E-state index in [4.69, 9.17) is 0 Å². The lowest BCUT2D eigenvalue weighted by atomic mass is 10.0. The van der Waals surface area contributed by atoms with E-state index in [2.05, 4.69) is 196 Å². The Labute approximate surface area is 294 Å². The molecular formula is C48H31N3. The van der Waals surface area contributed by atoms with E-state index in [0.717, 1.165) is 22.4 Å². The van der Waals surface area contributed by atoms with Crippen molar-refractivity contribution in [1.82, 2.24) is 14.1 Å². The van der Waals surface area contributed by atoms with Crippen LogP contribution < -0.4 is 0 Å². The van der Waals surface area contributed by atoms with E-state index in [0.29, 0.717) is 0 Å². The third-order valence-electron chi connectivity index (χ3n) is 10.6. The van der Waals surface area contributed by atoms with Crippen LogP contribution in [0.2, 0.25) is 0 Å². The second kappa shape index (κ2) is 10.8. The molecule has 0 amide bonds. The maximum atomic E-state index is 3.71. The van der Waals surface area contributed by atoms with Crippen LogP contribution in [-0.2, 0) is 0 Å². The number of para-hydroxylation sites is 2. The molecule has 3 aromatic heterocycles. The minimum atomic E-state index is 1.13. The molecule has 3 heteroatoms. The minimum absolute atomic E-state index is 1.13. The Balaban J connectivity index is 1.13. The van der Waals surface area contributed by atoms with Gasteiger partial charge in [0, 0.05) is 54.7 Å². The summed E-state index contributed by atoms with van der Waals surface area (Å²) in [7, 11) is 0. The third-order valence-corrected chi connectivity index (χ3v) is 10.6. The molecule has 0 radical (unpaired) electrons. The van der Waals surface area contributed by atoms with E-state index < -0.39 is 0 Å². The summed E-state index contributed by atoms with van der Waals surface area (Å²) >= 11 is 0. The van der Waals surface area contributed by atoms with Gasteiger partial charge in [-0.15, -0.1) is 0 Å². The molecule has 0 fully saturated rings. The van der Waals surface area contributed by atoms with Crippen LogP contribution in [-0.4, -0.2) is 14.1 Å². The molecule has 0 spiro atoms. The zero-order valence-corrected chi connectivity index (χ0v) is 27.7. The molecule has 1 N–H and O–H groups in total. The highest BCUT2D eigenvalue weighted by Crippen LogP contribution is 2.39. The highest BCUT2D eigenvalue weighted by atomic mass is 15.0. The summed E-state index contributed by atoms with van der Waals surface area (Å²) < 4.78 is 4.86. The van der Waals surface area contributed by atoms with Gasteiger partial charge in [-0.25, -0.2) is 0 Å². The lowest BCUT2D eigenvalue weighted by Crippen LogP contribution is -1.94. The van der Waals surface area contributed by atoms with Crippen molar-refractivity contribution < 1.29 is 0 Å². The fourth-order valence-electron chi connectivity index (χ4n) is 8.27. The molecule has 11 aromatic rings. The number of aromatic nitrogens is 3. The second-order valence-electron chi connectivity index (χ2n) is 13.5. The average Bonchev–Trinajstić information content (AvgIpc) is 3.85. The average molecular weight is 650 g/mol. The molecule has 0 aliphatic rings. The largest absolute Gasteiger partial charge is 0.355 e. The van der Waals surface area contributed by atoms with Crippen molar-refractivity contribution in [3.8, 4) is 33.6 Å². The highest BCUT2D eigenvalue weighted by molar-refractivity contribution is 6.13. The van der Waals surface area contributed by atoms with Gasteiger partial charge in [0.05, 0.1) is 22.1 Å². The van der Waals surface area contributed by atoms with Gasteiger partial charge in [-0.1, -0.05) is 121 Å². The molecule has 238 valence electrons. The minimum Gasteiger partial charge on any atom is -0.355 e. The first-order valence-electron chi connectivity index (χ1n) is 17.5. The normalized spacial score (nSPS) is 11.9. The molecule has 3 heterocycles. The fourth-order valence-corrected chi connectivity index (χ4v) is 8.27. The molecule has 51 heavy (non-hydrogen) atoms. The van der Waals surface area contributed by atoms with Gasteiger partial charge in [-0.3, -0.25) is 0 Å². The smallest absolute Gasteiger partial charge is 0.0547 e. The highest BCUT2D eigenvalue weighted by Gasteiger charge is 2.17. The van der Waals surface area contributed by atoms with Crippen LogP contribution in [0.1, 0.15) is 0 Å². The van der Waals surface area contributed by atoms with Gasteiger partial charge in [0.25, 0.3) is 0 Å². The molecule has 0 saturated carbocycles. The quantitative estimate of drug-likeness (QED) is 0.196. The number of aromatic amines is 1. The van der Waals surface area contributed by atoms with Crippen molar-refractivity contribution in [2.45, 2.75) is 0 Å². The Kier molecular flexibility index (Phi) is 5.96. The summed E-state index contributed by atoms with van der Waals surface area (Å²) in [5.41, 5.74) is 14.2. The van der Waals surface area contributed by atoms with Crippen molar-refractivity contribution >= 4 is 65.4 Å². The van der Waals surface area contributed by atoms with Crippen LogP contribution in [0, 0.1) is 0 Å². The van der Waals surface area contributed by atoms with Gasteiger partial charge in [-0.05, 0) is 82.9 Å². The van der Waals surface area contributed by atoms with Crippen molar-refractivity contribution in [3.05, 3.63) is 182 Å². The Bertz CT molecular complexity index is 2910. The van der Waals surface area contributed by atoms with E-state index in [1.54, 1.807) is 0 Å². The van der Waals surface area contributed by atoms with Gasteiger partial charge < -0.3 is 14.1 Å². The van der Waals surface area contributed by atoms with E-state index in [1.165, 1.54) is 76.6 Å². The summed E-state index contributed by atoms with van der Waals surface area (Å²) in [6.07, 6.45) is 0. The van der Waals surface area contributed by atoms with Crippen LogP contribution in [0.4, 0.5) is 0 Å². The van der Waals surface area contributed by atoms with E-state index >= 15 is 0 Å². The zero-order chi connectivity index (χ0) is 33.5. The zero-order valence-electron chi connectivity index (χ0n) is 27.7. The second-order valence-corrected chi connectivity index (χ2v) is 13.5. The lowest BCUT2D eigenvalue weighted by molar-refractivity contribution is 1.18. The summed E-state index contributed by atoms with van der Waals surface area (Å²) in [5, 5.41) is 7.45. The number of nitrogens with one attached hydrogen (secondary N) is 1. The van der Waals surface area contributed by atoms with Crippen LogP contribution >= 0.6 is 0 Å². The summed E-state index contributed by atoms with van der Waals surface area (Å²) in [6.45, 7) is 0. The monoisotopic (exact) mass is 649 g/mol. The van der Waals surface area contributed by atoms with E-state index in [-0.39, 0.29) is 0 Å². The SMILES string of the molecule is c1ccc(-c2ccc3c4ccccc4n(-c4ccc5[nH]c6ccc(-n7c8ccccc8c8ccc(-c9ccccc9)cc87)cc6c5c4)c3c2)cc1. The van der Waals surface area contributed by atoms with Gasteiger partial charge in [-0.2, -0.15) is 0 Å². The van der Waals surface area contributed by atoms with Gasteiger partial charge in [0.2, 0.25) is 0 Å². The van der Waals surface area contributed by atoms with Crippen molar-refractivity contribution in [2.75, 3.05) is 0 Å². The molecule has 0 saturated heterocycles. The number of fused-ring (bicyclic) bond motifs is 9. The summed E-state index contributed by atoms with van der Waals surface area (Å²) in [5.74, 6) is 0. The number of rotatable bonds is 4. The number of hydrogen-bond acceptors (Lipinski definition) is 0. The van der Waals surface area contributed by atoms with Gasteiger partial charge in [0.15, 0.2) is 0 Å². The number of benzene rings is 8. The van der Waals surface area contributed by atoms with Crippen LogP contribution in [0.15, 0.2) is 182 Å². The molecule has 3 nitrogen and oxygen atoms in total. The first-order chi connectivity index (χ1) is 25.3. The molecule has 0 unspecified atom stereocenters. The van der Waals surface area contributed by atoms with Crippen LogP contribution in [0.3, 0.4) is 0 Å². The van der Waals surface area contributed by atoms with Crippen molar-refractivity contribution in [2.24, 2.45) is 0 Å². The molecule has 0 aliphatic carbocycles. The molecule has 0 bridgehead atoms. The molecule has 0 atom stereocenters. The topological polar surface area (TPSA) is 25.6 Å². The predicted molar refractivity (Wildman–Crippen MR) is 215 cm³/mol. The maximum Gasteiger partial charge on any atom is 0.0547 e. The van der Waals surface area contributed by atoms with Gasteiger partial charge in [0.1, 0.15) is 0 Å². The first kappa shape index (κ1) is 28.0. The first-order valence-corrected chi connectivity index (χ1v) is 17.5. The van der Waals surface area contributed by atoms with E-state index in [9.17, 15) is 0 Å². The maximum absolute atomic E-state index is 3.71. The Morgan fingerprint density at radius 1 is 0.275 bits per heavy atom. The third kappa shape index (κ3) is 4.25. The molecule has 0 aliphatic heterocycles. The fraction of sp³-hybridized carbons (Fsp3) is 0. The molecule has 11 rings (SSSR count). The molecular weight excluding hydrogens is 619 g/mol. The van der Waals surface area contributed by atoms with Gasteiger partial charge >= 0.3 is 0 Å². The standard InChI is InChI=1S/C48H31N3/c1-3-11-31(12-4-1)33-19-23-39-37-15-7-9-17-45(37)50(47(39)27-33)35-21-25-43-41(29-35)42-30-36(22-26-44(42)49-43)51-46-18-10-8-16-38(46)40-24-20-34(28-48(40)51)32-13-5-2-6-14-32/h1-30,49H. The van der Waals surface area contributed by atoms with Crippen LogP contribution in [0.25, 0.3) is 99.0 Å². The Morgan fingerprint density at radius 2 is 0.686 bits per heavy atom. The Hall–Kier alpha value is -6.84. The number of hydrogen-bond donors (Lipinski definition) is 1. The predicted octanol–water partition coefficient (Wildman–Crippen LogP) is 12.8. The number of H-pyrrole nitrogens is 1. The summed E-state index contributed by atoms with van der Waals surface area (Å²) in [6, 6.07) is 66.2. The summed E-state index contributed by atoms with van der Waals surface area (Å²) in [4.78, 5) is 3.71. The Morgan fingerprint density at radius 3 is 1.16 bits per heavy atom. The van der Waals surface area contributed by atoms with E-state index in [1.807, 2.05) is 0 Å². The van der Waals surface area contributed by atoms with Crippen molar-refractivity contribution in [3.63, 3.8) is 0 Å².